The molecule has 2 unspecified atom stereocenters. The largest absolute Gasteiger partial charge is 0.392 e. The van der Waals surface area contributed by atoms with Crippen molar-refractivity contribution in [3.63, 3.8) is 0 Å². The number of rotatable bonds is 1. The summed E-state index contributed by atoms with van der Waals surface area (Å²) in [6.07, 6.45) is 5.27. The molecular formula is C17H17NO. The van der Waals surface area contributed by atoms with E-state index in [9.17, 15) is 0 Å². The average Bonchev–Trinajstić information content (AvgIpc) is 2.90. The first-order chi connectivity index (χ1) is 9.43. The Bertz CT molecular complexity index is 641. The van der Waals surface area contributed by atoms with Crippen LogP contribution in [-0.4, -0.2) is 11.8 Å². The summed E-state index contributed by atoms with van der Waals surface area (Å²) in [4.78, 5) is 5.66. The minimum Gasteiger partial charge on any atom is -0.392 e. The van der Waals surface area contributed by atoms with Gasteiger partial charge in [-0.05, 0) is 30.0 Å². The number of nitrogens with zero attached hydrogens (tertiary/aromatic N) is 1. The molecular weight excluding hydrogens is 234 g/mol. The number of hydrogen-bond acceptors (Lipinski definition) is 2. The second kappa shape index (κ2) is 4.37. The quantitative estimate of drug-likeness (QED) is 0.746. The first-order valence-electron chi connectivity index (χ1n) is 7.15. The minimum absolute atomic E-state index is 0.322. The van der Waals surface area contributed by atoms with E-state index in [0.717, 1.165) is 6.42 Å². The maximum atomic E-state index is 5.66. The van der Waals surface area contributed by atoms with Crippen LogP contribution in [0.5, 0.6) is 0 Å². The van der Waals surface area contributed by atoms with Crippen LogP contribution in [0.2, 0.25) is 0 Å². The molecule has 2 aliphatic rings. The normalized spacial score (nSPS) is 25.8. The van der Waals surface area contributed by atoms with Crippen LogP contribution in [0.1, 0.15) is 31.2 Å². The molecule has 0 bridgehead atoms. The van der Waals surface area contributed by atoms with Crippen LogP contribution in [0.3, 0.4) is 0 Å². The molecule has 0 saturated heterocycles. The molecule has 2 aromatic rings. The molecule has 2 aromatic carbocycles. The van der Waals surface area contributed by atoms with Gasteiger partial charge in [-0.25, -0.2) is 0 Å². The molecule has 2 heteroatoms. The first-order valence-corrected chi connectivity index (χ1v) is 7.15. The number of benzene rings is 2. The first kappa shape index (κ1) is 11.0. The van der Waals surface area contributed by atoms with Gasteiger partial charge in [0.25, 0.3) is 0 Å². The highest BCUT2D eigenvalue weighted by Gasteiger charge is 2.36. The van der Waals surface area contributed by atoms with Crippen molar-refractivity contribution in [3.05, 3.63) is 48.0 Å². The van der Waals surface area contributed by atoms with E-state index in [1.165, 1.54) is 41.3 Å². The summed E-state index contributed by atoms with van der Waals surface area (Å²) in [7, 11) is 0. The Labute approximate surface area is 113 Å². The zero-order valence-corrected chi connectivity index (χ0v) is 10.9. The predicted octanol–water partition coefficient (Wildman–Crippen LogP) is 4.13. The second-order valence-corrected chi connectivity index (χ2v) is 5.54. The predicted molar refractivity (Wildman–Crippen MR) is 77.3 cm³/mol. The Morgan fingerprint density at radius 1 is 0.947 bits per heavy atom. The van der Waals surface area contributed by atoms with Gasteiger partial charge in [0.1, 0.15) is 6.10 Å². The van der Waals surface area contributed by atoms with Crippen LogP contribution in [0.4, 0.5) is 0 Å². The van der Waals surface area contributed by atoms with Gasteiger partial charge in [-0.2, -0.15) is 0 Å². The van der Waals surface area contributed by atoms with E-state index in [0.29, 0.717) is 12.0 Å². The van der Waals surface area contributed by atoms with E-state index in [-0.39, 0.29) is 0 Å². The van der Waals surface area contributed by atoms with E-state index in [1.807, 2.05) is 0 Å². The maximum absolute atomic E-state index is 5.66. The Hall–Kier alpha value is -1.83. The van der Waals surface area contributed by atoms with Gasteiger partial charge in [0, 0.05) is 11.5 Å². The topological polar surface area (TPSA) is 21.6 Å². The van der Waals surface area contributed by atoms with Crippen molar-refractivity contribution in [3.8, 4) is 0 Å². The molecule has 2 nitrogen and oxygen atoms in total. The van der Waals surface area contributed by atoms with Gasteiger partial charge >= 0.3 is 0 Å². The lowest BCUT2D eigenvalue weighted by Gasteiger charge is -2.23. The van der Waals surface area contributed by atoms with E-state index < -0.39 is 0 Å². The fraction of sp³-hybridized carbons (Fsp3) is 0.353. The lowest BCUT2D eigenvalue weighted by Crippen LogP contribution is -2.27. The highest BCUT2D eigenvalue weighted by molar-refractivity contribution is 6.12. The zero-order valence-electron chi connectivity index (χ0n) is 10.9. The third kappa shape index (κ3) is 1.74. The number of fused-ring (bicyclic) bond motifs is 2. The summed E-state index contributed by atoms with van der Waals surface area (Å²) >= 11 is 0. The Balaban J connectivity index is 1.82. The van der Waals surface area contributed by atoms with Crippen molar-refractivity contribution < 1.29 is 4.84 Å². The fourth-order valence-corrected chi connectivity index (χ4v) is 3.43. The van der Waals surface area contributed by atoms with Crippen molar-refractivity contribution in [2.24, 2.45) is 11.1 Å². The lowest BCUT2D eigenvalue weighted by atomic mass is 9.81. The Kier molecular flexibility index (Phi) is 2.54. The van der Waals surface area contributed by atoms with Gasteiger partial charge in [-0.3, -0.25) is 0 Å². The Morgan fingerprint density at radius 3 is 2.79 bits per heavy atom. The average molecular weight is 251 g/mol. The summed E-state index contributed by atoms with van der Waals surface area (Å²) < 4.78 is 0. The van der Waals surface area contributed by atoms with E-state index in [4.69, 9.17) is 4.84 Å². The van der Waals surface area contributed by atoms with Crippen LogP contribution in [0.25, 0.3) is 10.8 Å². The molecule has 0 N–H and O–H groups in total. The van der Waals surface area contributed by atoms with Gasteiger partial charge in [0.05, 0.1) is 5.71 Å². The zero-order chi connectivity index (χ0) is 12.7. The number of oxime groups is 1. The summed E-state index contributed by atoms with van der Waals surface area (Å²) in [5.74, 6) is 0.500. The van der Waals surface area contributed by atoms with Crippen LogP contribution in [0, 0.1) is 5.92 Å². The van der Waals surface area contributed by atoms with Crippen LogP contribution >= 0.6 is 0 Å². The molecule has 1 aliphatic carbocycles. The highest BCUT2D eigenvalue weighted by Crippen LogP contribution is 2.36. The van der Waals surface area contributed by atoms with Crippen molar-refractivity contribution in [1.82, 2.24) is 0 Å². The third-order valence-corrected chi connectivity index (χ3v) is 4.41. The summed E-state index contributed by atoms with van der Waals surface area (Å²) in [6, 6.07) is 15.0. The molecule has 2 atom stereocenters. The lowest BCUT2D eigenvalue weighted by molar-refractivity contribution is 0.0397. The molecule has 0 amide bonds. The second-order valence-electron chi connectivity index (χ2n) is 5.54. The molecule has 19 heavy (non-hydrogen) atoms. The molecule has 0 radical (unpaired) electrons. The van der Waals surface area contributed by atoms with E-state index >= 15 is 0 Å². The highest BCUT2D eigenvalue weighted by atomic mass is 16.6. The molecule has 1 aliphatic heterocycles. The molecule has 4 rings (SSSR count). The van der Waals surface area contributed by atoms with Gasteiger partial charge < -0.3 is 4.84 Å². The van der Waals surface area contributed by atoms with Gasteiger partial charge in [-0.1, -0.05) is 54.0 Å². The molecule has 1 saturated carbocycles. The van der Waals surface area contributed by atoms with Crippen molar-refractivity contribution in [1.29, 1.82) is 0 Å². The van der Waals surface area contributed by atoms with Crippen molar-refractivity contribution >= 4 is 16.5 Å². The summed E-state index contributed by atoms with van der Waals surface area (Å²) in [5, 5.41) is 6.99. The number of hydrogen-bond donors (Lipinski definition) is 0. The van der Waals surface area contributed by atoms with Gasteiger partial charge in [0.15, 0.2) is 0 Å². The summed E-state index contributed by atoms with van der Waals surface area (Å²) in [5.41, 5.74) is 2.43. The third-order valence-electron chi connectivity index (χ3n) is 4.41. The van der Waals surface area contributed by atoms with E-state index in [1.54, 1.807) is 0 Å². The molecule has 96 valence electrons. The molecule has 0 aromatic heterocycles. The standard InChI is InChI=1S/C17H17NO/c1-2-8-13-12(6-1)7-5-10-14(13)17-15-9-3-4-11-16(15)19-18-17/h1-2,5-8,10,15-16H,3-4,9,11H2. The fourth-order valence-electron chi connectivity index (χ4n) is 3.43. The monoisotopic (exact) mass is 251 g/mol. The summed E-state index contributed by atoms with van der Waals surface area (Å²) in [6.45, 7) is 0. The Morgan fingerprint density at radius 2 is 1.79 bits per heavy atom. The maximum Gasteiger partial charge on any atom is 0.136 e. The van der Waals surface area contributed by atoms with Crippen molar-refractivity contribution in [2.75, 3.05) is 0 Å². The van der Waals surface area contributed by atoms with Crippen LogP contribution < -0.4 is 0 Å². The smallest absolute Gasteiger partial charge is 0.136 e. The van der Waals surface area contributed by atoms with Gasteiger partial charge in [0.2, 0.25) is 0 Å². The minimum atomic E-state index is 0.322. The van der Waals surface area contributed by atoms with Gasteiger partial charge in [-0.15, -0.1) is 0 Å². The molecule has 1 heterocycles. The van der Waals surface area contributed by atoms with Crippen LogP contribution in [0.15, 0.2) is 47.6 Å². The molecule has 0 spiro atoms. The van der Waals surface area contributed by atoms with Crippen molar-refractivity contribution in [2.45, 2.75) is 31.8 Å². The SMILES string of the molecule is c1ccc2c(C3=NOC4CCCCC34)cccc2c1. The van der Waals surface area contributed by atoms with Crippen LogP contribution in [-0.2, 0) is 4.84 Å². The van der Waals surface area contributed by atoms with E-state index in [2.05, 4.69) is 47.6 Å². The molecule has 1 fully saturated rings.